The van der Waals surface area contributed by atoms with Crippen molar-refractivity contribution in [1.29, 1.82) is 0 Å². The first-order valence-corrected chi connectivity index (χ1v) is 9.70. The van der Waals surface area contributed by atoms with Crippen LogP contribution in [0.2, 0.25) is 0 Å². The van der Waals surface area contributed by atoms with Gasteiger partial charge in [0.15, 0.2) is 5.96 Å². The fraction of sp³-hybridized carbons (Fsp3) is 0.944. The van der Waals surface area contributed by atoms with Gasteiger partial charge in [-0.3, -0.25) is 4.99 Å². The van der Waals surface area contributed by atoms with Gasteiger partial charge < -0.3 is 25.0 Å². The SMILES string of the molecule is CCNC(=NCCCOCC1CCOCC1)NCCN(CC)CC. The Labute approximate surface area is 148 Å². The number of guanidine groups is 1. The van der Waals surface area contributed by atoms with Gasteiger partial charge in [0.2, 0.25) is 0 Å². The average molecular weight is 343 g/mol. The molecule has 0 aromatic carbocycles. The zero-order valence-corrected chi connectivity index (χ0v) is 16.0. The lowest BCUT2D eigenvalue weighted by molar-refractivity contribution is 0.0205. The van der Waals surface area contributed by atoms with E-state index in [9.17, 15) is 0 Å². The molecule has 0 saturated carbocycles. The Morgan fingerprint density at radius 2 is 1.92 bits per heavy atom. The van der Waals surface area contributed by atoms with Crippen molar-refractivity contribution in [1.82, 2.24) is 15.5 Å². The van der Waals surface area contributed by atoms with E-state index in [1.165, 1.54) is 0 Å². The quantitative estimate of drug-likeness (QED) is 0.321. The number of nitrogens with zero attached hydrogens (tertiary/aromatic N) is 2. The first-order chi connectivity index (χ1) is 11.8. The molecule has 0 radical (unpaired) electrons. The van der Waals surface area contributed by atoms with Gasteiger partial charge in [0.1, 0.15) is 0 Å². The molecule has 142 valence electrons. The maximum Gasteiger partial charge on any atom is 0.191 e. The summed E-state index contributed by atoms with van der Waals surface area (Å²) < 4.78 is 11.1. The molecule has 2 N–H and O–H groups in total. The Balaban J connectivity index is 2.10. The summed E-state index contributed by atoms with van der Waals surface area (Å²) in [7, 11) is 0. The molecule has 1 fully saturated rings. The number of hydrogen-bond acceptors (Lipinski definition) is 4. The summed E-state index contributed by atoms with van der Waals surface area (Å²) >= 11 is 0. The van der Waals surface area contributed by atoms with Gasteiger partial charge >= 0.3 is 0 Å². The molecule has 0 bridgehead atoms. The van der Waals surface area contributed by atoms with Crippen LogP contribution in [0.1, 0.15) is 40.0 Å². The minimum Gasteiger partial charge on any atom is -0.381 e. The summed E-state index contributed by atoms with van der Waals surface area (Å²) in [5.41, 5.74) is 0. The van der Waals surface area contributed by atoms with Gasteiger partial charge in [0, 0.05) is 52.6 Å². The predicted molar refractivity (Wildman–Crippen MR) is 101 cm³/mol. The molecular formula is C18H38N4O2. The topological polar surface area (TPSA) is 58.1 Å². The van der Waals surface area contributed by atoms with Crippen LogP contribution in [0.3, 0.4) is 0 Å². The molecule has 1 aliphatic rings. The van der Waals surface area contributed by atoms with Crippen LogP contribution in [0.15, 0.2) is 4.99 Å². The summed E-state index contributed by atoms with van der Waals surface area (Å²) in [5.74, 6) is 1.59. The Morgan fingerprint density at radius 3 is 2.58 bits per heavy atom. The van der Waals surface area contributed by atoms with Gasteiger partial charge in [-0.1, -0.05) is 13.8 Å². The van der Waals surface area contributed by atoms with Gasteiger partial charge in [0.25, 0.3) is 0 Å². The maximum absolute atomic E-state index is 5.78. The third-order valence-corrected chi connectivity index (χ3v) is 4.37. The highest BCUT2D eigenvalue weighted by Gasteiger charge is 2.13. The van der Waals surface area contributed by atoms with Crippen LogP contribution >= 0.6 is 0 Å². The molecule has 24 heavy (non-hydrogen) atoms. The molecule has 0 atom stereocenters. The third kappa shape index (κ3) is 10.1. The average Bonchev–Trinajstić information content (AvgIpc) is 2.62. The van der Waals surface area contributed by atoms with E-state index in [1.54, 1.807) is 0 Å². The van der Waals surface area contributed by atoms with Gasteiger partial charge in [-0.15, -0.1) is 0 Å². The van der Waals surface area contributed by atoms with Crippen LogP contribution < -0.4 is 10.6 Å². The first kappa shape index (κ1) is 21.2. The van der Waals surface area contributed by atoms with Gasteiger partial charge in [-0.2, -0.15) is 0 Å². The lowest BCUT2D eigenvalue weighted by Crippen LogP contribution is -2.41. The Morgan fingerprint density at radius 1 is 1.17 bits per heavy atom. The van der Waals surface area contributed by atoms with E-state index in [0.29, 0.717) is 5.92 Å². The van der Waals surface area contributed by atoms with Crippen molar-refractivity contribution in [2.75, 3.05) is 65.7 Å². The van der Waals surface area contributed by atoms with Crippen molar-refractivity contribution in [2.24, 2.45) is 10.9 Å². The summed E-state index contributed by atoms with van der Waals surface area (Å²) in [5, 5.41) is 6.71. The van der Waals surface area contributed by atoms with E-state index in [1.807, 2.05) is 0 Å². The Bertz CT molecular complexity index is 316. The highest BCUT2D eigenvalue weighted by Crippen LogP contribution is 2.14. The van der Waals surface area contributed by atoms with E-state index in [2.05, 4.69) is 41.3 Å². The minimum atomic E-state index is 0.682. The molecule has 0 aliphatic carbocycles. The summed E-state index contributed by atoms with van der Waals surface area (Å²) in [6, 6.07) is 0. The van der Waals surface area contributed by atoms with Crippen LogP contribution in [-0.2, 0) is 9.47 Å². The molecule has 0 aromatic rings. The fourth-order valence-electron chi connectivity index (χ4n) is 2.73. The predicted octanol–water partition coefficient (Wildman–Crippen LogP) is 1.72. The lowest BCUT2D eigenvalue weighted by Gasteiger charge is -2.21. The second-order valence-electron chi connectivity index (χ2n) is 6.20. The highest BCUT2D eigenvalue weighted by atomic mass is 16.5. The number of hydrogen-bond donors (Lipinski definition) is 2. The van der Waals surface area contributed by atoms with Gasteiger partial charge in [-0.05, 0) is 45.2 Å². The largest absolute Gasteiger partial charge is 0.381 e. The summed E-state index contributed by atoms with van der Waals surface area (Å²) in [6.45, 7) is 15.8. The third-order valence-electron chi connectivity index (χ3n) is 4.37. The molecule has 0 unspecified atom stereocenters. The highest BCUT2D eigenvalue weighted by molar-refractivity contribution is 5.79. The van der Waals surface area contributed by atoms with Crippen LogP contribution in [0, 0.1) is 5.92 Å². The molecule has 0 aromatic heterocycles. The molecule has 1 aliphatic heterocycles. The van der Waals surface area contributed by atoms with Crippen LogP contribution in [-0.4, -0.2) is 76.6 Å². The molecule has 1 rings (SSSR count). The smallest absolute Gasteiger partial charge is 0.191 e. The lowest BCUT2D eigenvalue weighted by atomic mass is 10.0. The van der Waals surface area contributed by atoms with Crippen molar-refractivity contribution >= 4 is 5.96 Å². The zero-order valence-electron chi connectivity index (χ0n) is 16.0. The molecule has 1 saturated heterocycles. The van der Waals surface area contributed by atoms with Gasteiger partial charge in [0.05, 0.1) is 0 Å². The second kappa shape index (κ2) is 14.5. The van der Waals surface area contributed by atoms with Crippen molar-refractivity contribution in [2.45, 2.75) is 40.0 Å². The molecule has 1 heterocycles. The molecular weight excluding hydrogens is 304 g/mol. The standard InChI is InChI=1S/C18H38N4O2/c1-4-19-18(21-11-12-22(5-2)6-3)20-10-7-13-24-16-17-8-14-23-15-9-17/h17H,4-16H2,1-3H3,(H2,19,20,21). The number of ether oxygens (including phenoxy) is 2. The number of likely N-dealkylation sites (N-methyl/N-ethyl adjacent to an activating group) is 1. The molecule has 6 heteroatoms. The van der Waals surface area contributed by atoms with E-state index in [0.717, 1.165) is 90.9 Å². The summed E-state index contributed by atoms with van der Waals surface area (Å²) in [6.07, 6.45) is 3.24. The minimum absolute atomic E-state index is 0.682. The van der Waals surface area contributed by atoms with E-state index >= 15 is 0 Å². The number of aliphatic imine (C=N–C) groups is 1. The Hall–Kier alpha value is -0.850. The number of nitrogens with one attached hydrogen (secondary N) is 2. The molecule has 0 spiro atoms. The van der Waals surface area contributed by atoms with Crippen molar-refractivity contribution in [3.05, 3.63) is 0 Å². The van der Waals surface area contributed by atoms with Crippen LogP contribution in [0.25, 0.3) is 0 Å². The van der Waals surface area contributed by atoms with Crippen molar-refractivity contribution in [3.63, 3.8) is 0 Å². The van der Waals surface area contributed by atoms with Crippen molar-refractivity contribution < 1.29 is 9.47 Å². The number of rotatable bonds is 12. The monoisotopic (exact) mass is 342 g/mol. The second-order valence-corrected chi connectivity index (χ2v) is 6.20. The van der Waals surface area contributed by atoms with E-state index < -0.39 is 0 Å². The van der Waals surface area contributed by atoms with Crippen LogP contribution in [0.5, 0.6) is 0 Å². The fourth-order valence-corrected chi connectivity index (χ4v) is 2.73. The van der Waals surface area contributed by atoms with E-state index in [4.69, 9.17) is 9.47 Å². The van der Waals surface area contributed by atoms with Gasteiger partial charge in [-0.25, -0.2) is 0 Å². The first-order valence-electron chi connectivity index (χ1n) is 9.70. The van der Waals surface area contributed by atoms with Crippen LogP contribution in [0.4, 0.5) is 0 Å². The normalized spacial score (nSPS) is 16.6. The van der Waals surface area contributed by atoms with E-state index in [-0.39, 0.29) is 0 Å². The maximum atomic E-state index is 5.78. The zero-order chi connectivity index (χ0) is 17.5. The summed E-state index contributed by atoms with van der Waals surface area (Å²) in [4.78, 5) is 7.03. The van der Waals surface area contributed by atoms with Crippen molar-refractivity contribution in [3.8, 4) is 0 Å². The molecule has 6 nitrogen and oxygen atoms in total. The Kier molecular flexibility index (Phi) is 12.8. The molecule has 0 amide bonds.